The van der Waals surface area contributed by atoms with Crippen LogP contribution in [0.1, 0.15) is 33.1 Å². The monoisotopic (exact) mass is 313 g/mol. The highest BCUT2D eigenvalue weighted by Gasteiger charge is 2.12. The van der Waals surface area contributed by atoms with E-state index in [-0.39, 0.29) is 16.8 Å². The van der Waals surface area contributed by atoms with Gasteiger partial charge in [0.1, 0.15) is 0 Å². The molecular formula is C14H23N3O3S. The van der Waals surface area contributed by atoms with E-state index >= 15 is 0 Å². The number of nitrogens with two attached hydrogens (primary N) is 1. The van der Waals surface area contributed by atoms with Crippen molar-refractivity contribution < 1.29 is 13.2 Å². The highest BCUT2D eigenvalue weighted by atomic mass is 32.2. The van der Waals surface area contributed by atoms with E-state index in [1.165, 1.54) is 12.1 Å². The van der Waals surface area contributed by atoms with E-state index in [0.717, 1.165) is 6.42 Å². The van der Waals surface area contributed by atoms with Crippen molar-refractivity contribution in [2.75, 3.05) is 11.9 Å². The molecule has 6 nitrogen and oxygen atoms in total. The second kappa shape index (κ2) is 8.11. The van der Waals surface area contributed by atoms with E-state index in [1.54, 1.807) is 12.1 Å². The first-order valence-electron chi connectivity index (χ1n) is 7.00. The van der Waals surface area contributed by atoms with Gasteiger partial charge in [0.15, 0.2) is 0 Å². The van der Waals surface area contributed by atoms with E-state index in [9.17, 15) is 13.2 Å². The van der Waals surface area contributed by atoms with Crippen LogP contribution < -0.4 is 15.8 Å². The van der Waals surface area contributed by atoms with Gasteiger partial charge < -0.3 is 11.1 Å². The summed E-state index contributed by atoms with van der Waals surface area (Å²) in [6, 6.07) is 6.07. The Morgan fingerprint density at radius 1 is 1.29 bits per heavy atom. The van der Waals surface area contributed by atoms with Gasteiger partial charge in [0.05, 0.1) is 4.90 Å². The number of hydrogen-bond acceptors (Lipinski definition) is 4. The highest BCUT2D eigenvalue weighted by Crippen LogP contribution is 2.14. The molecule has 0 aromatic heterocycles. The third-order valence-electron chi connectivity index (χ3n) is 2.82. The molecule has 0 heterocycles. The van der Waals surface area contributed by atoms with Crippen molar-refractivity contribution >= 4 is 21.6 Å². The summed E-state index contributed by atoms with van der Waals surface area (Å²) in [5, 5.41) is 2.71. The quantitative estimate of drug-likeness (QED) is 0.676. The van der Waals surface area contributed by atoms with E-state index in [0.29, 0.717) is 25.1 Å². The van der Waals surface area contributed by atoms with Gasteiger partial charge in [-0.15, -0.1) is 0 Å². The maximum Gasteiger partial charge on any atom is 0.240 e. The van der Waals surface area contributed by atoms with Gasteiger partial charge in [-0.3, -0.25) is 4.79 Å². The highest BCUT2D eigenvalue weighted by molar-refractivity contribution is 7.89. The lowest BCUT2D eigenvalue weighted by Gasteiger charge is -2.09. The molecule has 1 atom stereocenters. The van der Waals surface area contributed by atoms with Gasteiger partial charge in [-0.05, 0) is 44.0 Å². The fourth-order valence-corrected chi connectivity index (χ4v) is 2.75. The zero-order chi connectivity index (χ0) is 15.9. The van der Waals surface area contributed by atoms with Crippen molar-refractivity contribution in [3.63, 3.8) is 0 Å². The number of benzene rings is 1. The second-order valence-corrected chi connectivity index (χ2v) is 6.75. The number of nitrogens with one attached hydrogen (secondary N) is 2. The van der Waals surface area contributed by atoms with Gasteiger partial charge in [0.2, 0.25) is 15.9 Å². The van der Waals surface area contributed by atoms with E-state index < -0.39 is 10.0 Å². The zero-order valence-corrected chi connectivity index (χ0v) is 13.2. The Kier molecular flexibility index (Phi) is 6.80. The molecule has 0 aliphatic carbocycles. The summed E-state index contributed by atoms with van der Waals surface area (Å²) >= 11 is 0. The molecule has 0 aliphatic rings. The van der Waals surface area contributed by atoms with Gasteiger partial charge in [0, 0.05) is 24.7 Å². The number of sulfonamides is 1. The lowest BCUT2D eigenvalue weighted by atomic mass is 10.2. The summed E-state index contributed by atoms with van der Waals surface area (Å²) < 4.78 is 26.3. The summed E-state index contributed by atoms with van der Waals surface area (Å²) in [5.74, 6) is -0.132. The maximum absolute atomic E-state index is 11.9. The summed E-state index contributed by atoms with van der Waals surface area (Å²) in [5.41, 5.74) is 6.16. The molecule has 7 heteroatoms. The van der Waals surface area contributed by atoms with Gasteiger partial charge in [-0.2, -0.15) is 0 Å². The largest absolute Gasteiger partial charge is 0.328 e. The number of carbonyl (C=O) groups excluding carboxylic acids is 1. The molecule has 1 aromatic rings. The first-order chi connectivity index (χ1) is 9.85. The van der Waals surface area contributed by atoms with Gasteiger partial charge in [-0.1, -0.05) is 6.92 Å². The van der Waals surface area contributed by atoms with Crippen LogP contribution in [0.3, 0.4) is 0 Å². The Morgan fingerprint density at radius 3 is 2.43 bits per heavy atom. The summed E-state index contributed by atoms with van der Waals surface area (Å²) in [6.07, 6.45) is 1.68. The SMILES string of the molecule is CCCNS(=O)(=O)c1ccc(NC(=O)CCC(C)N)cc1. The van der Waals surface area contributed by atoms with Crippen molar-refractivity contribution in [1.29, 1.82) is 0 Å². The molecule has 4 N–H and O–H groups in total. The van der Waals surface area contributed by atoms with E-state index in [4.69, 9.17) is 5.73 Å². The molecule has 1 amide bonds. The Hall–Kier alpha value is -1.44. The molecule has 0 saturated carbocycles. The molecule has 0 bridgehead atoms. The average molecular weight is 313 g/mol. The van der Waals surface area contributed by atoms with Crippen LogP contribution in [0.25, 0.3) is 0 Å². The Balaban J connectivity index is 2.64. The summed E-state index contributed by atoms with van der Waals surface area (Å²) in [7, 11) is -3.47. The molecule has 1 unspecified atom stereocenters. The van der Waals surface area contributed by atoms with Crippen LogP contribution in [-0.2, 0) is 14.8 Å². The third-order valence-corrected chi connectivity index (χ3v) is 4.29. The lowest BCUT2D eigenvalue weighted by molar-refractivity contribution is -0.116. The molecule has 118 valence electrons. The number of hydrogen-bond donors (Lipinski definition) is 3. The maximum atomic E-state index is 11.9. The van der Waals surface area contributed by atoms with Gasteiger partial charge in [-0.25, -0.2) is 13.1 Å². The fourth-order valence-electron chi connectivity index (χ4n) is 1.62. The number of anilines is 1. The fraction of sp³-hybridized carbons (Fsp3) is 0.500. The predicted molar refractivity (Wildman–Crippen MR) is 83.4 cm³/mol. The van der Waals surface area contributed by atoms with Crippen molar-refractivity contribution in [3.8, 4) is 0 Å². The van der Waals surface area contributed by atoms with E-state index in [2.05, 4.69) is 10.0 Å². The van der Waals surface area contributed by atoms with Gasteiger partial charge >= 0.3 is 0 Å². The lowest BCUT2D eigenvalue weighted by Crippen LogP contribution is -2.24. The normalized spacial score (nSPS) is 12.9. The topological polar surface area (TPSA) is 101 Å². The Morgan fingerprint density at radius 2 is 1.90 bits per heavy atom. The Labute approximate surface area is 126 Å². The first kappa shape index (κ1) is 17.6. The molecule has 0 radical (unpaired) electrons. The van der Waals surface area contributed by atoms with Crippen LogP contribution in [0.15, 0.2) is 29.2 Å². The van der Waals surface area contributed by atoms with Crippen LogP contribution >= 0.6 is 0 Å². The minimum Gasteiger partial charge on any atom is -0.328 e. The molecular weight excluding hydrogens is 290 g/mol. The standard InChI is InChI=1S/C14H23N3O3S/c1-3-10-16-21(19,20)13-7-5-12(6-8-13)17-14(18)9-4-11(2)15/h5-8,11,16H,3-4,9-10,15H2,1-2H3,(H,17,18). The minimum atomic E-state index is -3.47. The molecule has 0 saturated heterocycles. The number of amides is 1. The summed E-state index contributed by atoms with van der Waals surface area (Å²) in [6.45, 7) is 4.14. The average Bonchev–Trinajstić information content (AvgIpc) is 2.43. The van der Waals surface area contributed by atoms with Crippen molar-refractivity contribution in [1.82, 2.24) is 4.72 Å². The minimum absolute atomic E-state index is 0.0205. The first-order valence-corrected chi connectivity index (χ1v) is 8.48. The van der Waals surface area contributed by atoms with Crippen LogP contribution in [-0.4, -0.2) is 26.9 Å². The second-order valence-electron chi connectivity index (χ2n) is 4.99. The van der Waals surface area contributed by atoms with Crippen LogP contribution in [0.4, 0.5) is 5.69 Å². The molecule has 1 aromatic carbocycles. The van der Waals surface area contributed by atoms with Crippen LogP contribution in [0.2, 0.25) is 0 Å². The zero-order valence-electron chi connectivity index (χ0n) is 12.4. The van der Waals surface area contributed by atoms with Crippen molar-refractivity contribution in [2.45, 2.75) is 44.0 Å². The summed E-state index contributed by atoms with van der Waals surface area (Å²) in [4.78, 5) is 11.8. The van der Waals surface area contributed by atoms with E-state index in [1.807, 2.05) is 13.8 Å². The molecule has 0 spiro atoms. The predicted octanol–water partition coefficient (Wildman–Crippen LogP) is 1.44. The number of rotatable bonds is 8. The Bertz CT molecular complexity index is 553. The third kappa shape index (κ3) is 6.24. The van der Waals surface area contributed by atoms with Crippen LogP contribution in [0.5, 0.6) is 0 Å². The van der Waals surface area contributed by atoms with Gasteiger partial charge in [0.25, 0.3) is 0 Å². The molecule has 0 aliphatic heterocycles. The molecule has 21 heavy (non-hydrogen) atoms. The van der Waals surface area contributed by atoms with Crippen LogP contribution in [0, 0.1) is 0 Å². The van der Waals surface area contributed by atoms with Crippen molar-refractivity contribution in [3.05, 3.63) is 24.3 Å². The molecule has 0 fully saturated rings. The van der Waals surface area contributed by atoms with Crippen molar-refractivity contribution in [2.24, 2.45) is 5.73 Å². The number of carbonyl (C=O) groups is 1. The molecule has 1 rings (SSSR count). The smallest absolute Gasteiger partial charge is 0.240 e.